The molecule has 0 bridgehead atoms. The van der Waals surface area contributed by atoms with Crippen molar-refractivity contribution in [2.45, 2.75) is 21.9 Å². The lowest BCUT2D eigenvalue weighted by atomic mass is 10.2. The predicted octanol–water partition coefficient (Wildman–Crippen LogP) is 5.54. The number of hydrogen-bond acceptors (Lipinski definition) is 5. The van der Waals surface area contributed by atoms with E-state index in [1.54, 1.807) is 30.6 Å². The summed E-state index contributed by atoms with van der Waals surface area (Å²) in [5, 5.41) is 1.75. The Morgan fingerprint density at radius 3 is 2.50 bits per heavy atom. The Kier molecular flexibility index (Phi) is 6.01. The fraction of sp³-hybridized carbons (Fsp3) is 0.211. The van der Waals surface area contributed by atoms with Crippen molar-refractivity contribution in [3.63, 3.8) is 0 Å². The fourth-order valence-corrected chi connectivity index (χ4v) is 3.88. The SMILES string of the molecule is COCCSc1oc(-c2ccccc2)nc1Sc1ccc(C)cc1. The van der Waals surface area contributed by atoms with Crippen LogP contribution >= 0.6 is 23.5 Å². The fourth-order valence-electron chi connectivity index (χ4n) is 2.09. The molecule has 0 atom stereocenters. The van der Waals surface area contributed by atoms with Gasteiger partial charge in [0, 0.05) is 23.3 Å². The maximum atomic E-state index is 6.02. The van der Waals surface area contributed by atoms with E-state index in [1.165, 1.54) is 5.56 Å². The maximum absolute atomic E-state index is 6.02. The van der Waals surface area contributed by atoms with Gasteiger partial charge >= 0.3 is 0 Å². The van der Waals surface area contributed by atoms with Gasteiger partial charge in [0.2, 0.25) is 5.89 Å². The van der Waals surface area contributed by atoms with E-state index in [-0.39, 0.29) is 0 Å². The summed E-state index contributed by atoms with van der Waals surface area (Å²) in [4.78, 5) is 5.87. The Morgan fingerprint density at radius 2 is 1.79 bits per heavy atom. The van der Waals surface area contributed by atoms with Gasteiger partial charge in [0.15, 0.2) is 10.1 Å². The summed E-state index contributed by atoms with van der Waals surface area (Å²) in [7, 11) is 1.71. The highest BCUT2D eigenvalue weighted by atomic mass is 32.2. The number of methoxy groups -OCH3 is 1. The Labute approximate surface area is 150 Å². The molecule has 0 aliphatic heterocycles. The van der Waals surface area contributed by atoms with Crippen molar-refractivity contribution in [2.24, 2.45) is 0 Å². The van der Waals surface area contributed by atoms with Crippen molar-refractivity contribution in [1.82, 2.24) is 4.98 Å². The average molecular weight is 358 g/mol. The van der Waals surface area contributed by atoms with Crippen LogP contribution in [0.5, 0.6) is 0 Å². The van der Waals surface area contributed by atoms with E-state index in [9.17, 15) is 0 Å². The van der Waals surface area contributed by atoms with E-state index in [1.807, 2.05) is 30.3 Å². The van der Waals surface area contributed by atoms with Gasteiger partial charge in [0.05, 0.1) is 6.61 Å². The summed E-state index contributed by atoms with van der Waals surface area (Å²) >= 11 is 3.26. The Hall–Kier alpha value is -1.69. The zero-order valence-corrected chi connectivity index (χ0v) is 15.3. The summed E-state index contributed by atoms with van der Waals surface area (Å²) in [6.07, 6.45) is 0. The summed E-state index contributed by atoms with van der Waals surface area (Å²) in [6.45, 7) is 2.77. The van der Waals surface area contributed by atoms with Gasteiger partial charge in [0.1, 0.15) is 0 Å². The molecule has 24 heavy (non-hydrogen) atoms. The van der Waals surface area contributed by atoms with Gasteiger partial charge in [-0.25, -0.2) is 4.98 Å². The van der Waals surface area contributed by atoms with Crippen molar-refractivity contribution in [3.05, 3.63) is 60.2 Å². The van der Waals surface area contributed by atoms with Gasteiger partial charge in [-0.1, -0.05) is 59.4 Å². The number of nitrogens with zero attached hydrogens (tertiary/aromatic N) is 1. The van der Waals surface area contributed by atoms with E-state index in [2.05, 4.69) is 31.2 Å². The molecule has 5 heteroatoms. The lowest BCUT2D eigenvalue weighted by molar-refractivity contribution is 0.218. The summed E-state index contributed by atoms with van der Waals surface area (Å²) < 4.78 is 11.2. The first kappa shape index (κ1) is 17.1. The second-order valence-electron chi connectivity index (χ2n) is 5.23. The van der Waals surface area contributed by atoms with Crippen molar-refractivity contribution >= 4 is 23.5 Å². The number of ether oxygens (including phenoxy) is 1. The molecule has 1 aromatic heterocycles. The zero-order valence-electron chi connectivity index (χ0n) is 13.7. The normalized spacial score (nSPS) is 10.9. The lowest BCUT2D eigenvalue weighted by Crippen LogP contribution is -1.90. The standard InChI is InChI=1S/C19H19NO2S2/c1-14-8-10-16(11-9-14)24-18-19(23-13-12-21-2)22-17(20-18)15-6-4-3-5-7-15/h3-11H,12-13H2,1-2H3. The minimum Gasteiger partial charge on any atom is -0.429 e. The number of aryl methyl sites for hydroxylation is 1. The van der Waals surface area contributed by atoms with Gasteiger partial charge in [-0.15, -0.1) is 0 Å². The molecule has 0 saturated carbocycles. The molecule has 0 aliphatic carbocycles. The number of rotatable bonds is 7. The van der Waals surface area contributed by atoms with E-state index in [4.69, 9.17) is 14.1 Å². The number of aromatic nitrogens is 1. The van der Waals surface area contributed by atoms with Crippen LogP contribution in [0.4, 0.5) is 0 Å². The van der Waals surface area contributed by atoms with Gasteiger partial charge < -0.3 is 9.15 Å². The summed E-state index contributed by atoms with van der Waals surface area (Å²) in [6, 6.07) is 18.4. The molecule has 0 fully saturated rings. The van der Waals surface area contributed by atoms with E-state index in [0.29, 0.717) is 12.5 Å². The van der Waals surface area contributed by atoms with Crippen LogP contribution in [0.2, 0.25) is 0 Å². The minimum absolute atomic E-state index is 0.658. The number of hydrogen-bond donors (Lipinski definition) is 0. The zero-order chi connectivity index (χ0) is 16.8. The van der Waals surface area contributed by atoms with Crippen LogP contribution in [0.3, 0.4) is 0 Å². The minimum atomic E-state index is 0.658. The van der Waals surface area contributed by atoms with Gasteiger partial charge in [-0.3, -0.25) is 0 Å². The van der Waals surface area contributed by atoms with Crippen molar-refractivity contribution in [1.29, 1.82) is 0 Å². The van der Waals surface area contributed by atoms with Crippen LogP contribution in [-0.4, -0.2) is 24.5 Å². The second kappa shape index (κ2) is 8.42. The molecule has 0 saturated heterocycles. The second-order valence-corrected chi connectivity index (χ2v) is 7.36. The third-order valence-corrected chi connectivity index (χ3v) is 5.36. The molecule has 0 aliphatic rings. The molecular weight excluding hydrogens is 338 g/mol. The topological polar surface area (TPSA) is 35.3 Å². The summed E-state index contributed by atoms with van der Waals surface area (Å²) in [5.74, 6) is 1.49. The smallest absolute Gasteiger partial charge is 0.228 e. The third-order valence-electron chi connectivity index (χ3n) is 3.34. The first-order valence-electron chi connectivity index (χ1n) is 7.69. The van der Waals surface area contributed by atoms with Gasteiger partial charge in [0.25, 0.3) is 0 Å². The molecule has 0 unspecified atom stereocenters. The molecular formula is C19H19NO2S2. The molecule has 124 valence electrons. The first-order chi connectivity index (χ1) is 11.8. The highest BCUT2D eigenvalue weighted by Gasteiger charge is 2.16. The van der Waals surface area contributed by atoms with Crippen LogP contribution in [0.25, 0.3) is 11.5 Å². The molecule has 0 amide bonds. The number of oxazole rings is 1. The Balaban J connectivity index is 1.87. The largest absolute Gasteiger partial charge is 0.429 e. The Morgan fingerprint density at radius 1 is 1.04 bits per heavy atom. The molecule has 0 N–H and O–H groups in total. The molecule has 2 aromatic carbocycles. The van der Waals surface area contributed by atoms with Crippen molar-refractivity contribution in [2.75, 3.05) is 19.5 Å². The van der Waals surface area contributed by atoms with E-state index >= 15 is 0 Å². The van der Waals surface area contributed by atoms with Crippen molar-refractivity contribution < 1.29 is 9.15 Å². The number of benzene rings is 2. The van der Waals surface area contributed by atoms with Gasteiger partial charge in [-0.05, 0) is 31.2 Å². The first-order valence-corrected chi connectivity index (χ1v) is 9.49. The molecule has 3 rings (SSSR count). The quantitative estimate of drug-likeness (QED) is 0.410. The van der Waals surface area contributed by atoms with Crippen LogP contribution in [0, 0.1) is 6.92 Å². The van der Waals surface area contributed by atoms with E-state index < -0.39 is 0 Å². The lowest BCUT2D eigenvalue weighted by Gasteiger charge is -2.01. The Bertz CT molecular complexity index is 770. The van der Waals surface area contributed by atoms with Crippen LogP contribution < -0.4 is 0 Å². The van der Waals surface area contributed by atoms with Crippen LogP contribution in [0.1, 0.15) is 5.56 Å². The number of thioether (sulfide) groups is 1. The maximum Gasteiger partial charge on any atom is 0.228 e. The molecule has 0 spiro atoms. The average Bonchev–Trinajstić information content (AvgIpc) is 3.01. The molecule has 3 aromatic rings. The highest BCUT2D eigenvalue weighted by Crippen LogP contribution is 2.38. The highest BCUT2D eigenvalue weighted by molar-refractivity contribution is 8.02. The molecule has 3 nitrogen and oxygen atoms in total. The molecule has 1 heterocycles. The summed E-state index contributed by atoms with van der Waals surface area (Å²) in [5.41, 5.74) is 2.24. The monoisotopic (exact) mass is 357 g/mol. The van der Waals surface area contributed by atoms with Crippen LogP contribution in [-0.2, 0) is 4.74 Å². The van der Waals surface area contributed by atoms with Crippen LogP contribution in [0.15, 0.2) is 74.0 Å². The van der Waals surface area contributed by atoms with Gasteiger partial charge in [-0.2, -0.15) is 0 Å². The third kappa shape index (κ3) is 4.44. The molecule has 0 radical (unpaired) electrons. The predicted molar refractivity (Wildman–Crippen MR) is 99.8 cm³/mol. The van der Waals surface area contributed by atoms with Crippen molar-refractivity contribution in [3.8, 4) is 11.5 Å². The van der Waals surface area contributed by atoms with E-state index in [0.717, 1.165) is 26.3 Å².